The fourth-order valence-corrected chi connectivity index (χ4v) is 1.98. The molecule has 1 fully saturated rings. The van der Waals surface area contributed by atoms with Gasteiger partial charge in [0.2, 0.25) is 0 Å². The van der Waals surface area contributed by atoms with E-state index in [9.17, 15) is 0 Å². The maximum absolute atomic E-state index is 3.52. The highest BCUT2D eigenvalue weighted by Crippen LogP contribution is 2.17. The van der Waals surface area contributed by atoms with E-state index in [4.69, 9.17) is 0 Å². The minimum Gasteiger partial charge on any atom is -0.315 e. The molecule has 1 rings (SSSR count). The van der Waals surface area contributed by atoms with Gasteiger partial charge in [-0.2, -0.15) is 0 Å². The maximum Gasteiger partial charge on any atom is 0.0220 e. The first-order chi connectivity index (χ1) is 5.38. The summed E-state index contributed by atoms with van der Waals surface area (Å²) in [6.45, 7) is 3.28. The van der Waals surface area contributed by atoms with E-state index >= 15 is 0 Å². The second-order valence-corrected chi connectivity index (χ2v) is 3.34. The summed E-state index contributed by atoms with van der Waals surface area (Å²) in [5, 5.41) is 6.90. The highest BCUT2D eigenvalue weighted by Gasteiger charge is 2.21. The SMILES string of the molecule is CCN[C@@H]1CCCC[C@H]1NC. The van der Waals surface area contributed by atoms with Crippen LogP contribution in [-0.4, -0.2) is 25.7 Å². The van der Waals surface area contributed by atoms with Crippen LogP contribution in [0, 0.1) is 0 Å². The van der Waals surface area contributed by atoms with Gasteiger partial charge >= 0.3 is 0 Å². The lowest BCUT2D eigenvalue weighted by molar-refractivity contribution is 0.300. The number of likely N-dealkylation sites (N-methyl/N-ethyl adjacent to an activating group) is 2. The van der Waals surface area contributed by atoms with Crippen LogP contribution >= 0.6 is 0 Å². The summed E-state index contributed by atoms with van der Waals surface area (Å²) >= 11 is 0. The number of hydrogen-bond donors (Lipinski definition) is 2. The molecule has 1 aliphatic rings. The molecular formula is C9H20N2. The highest BCUT2D eigenvalue weighted by molar-refractivity contribution is 4.84. The van der Waals surface area contributed by atoms with Gasteiger partial charge < -0.3 is 10.6 Å². The zero-order valence-corrected chi connectivity index (χ0v) is 7.69. The molecule has 2 heteroatoms. The van der Waals surface area contributed by atoms with Crippen molar-refractivity contribution in [1.82, 2.24) is 10.6 Å². The molecule has 1 saturated carbocycles. The molecule has 0 aliphatic heterocycles. The standard InChI is InChI=1S/C9H20N2/c1-3-11-9-7-5-4-6-8(9)10-2/h8-11H,3-7H2,1-2H3/t8-,9-/m1/s1. The second kappa shape index (κ2) is 4.73. The predicted molar refractivity (Wildman–Crippen MR) is 48.8 cm³/mol. The molecule has 0 saturated heterocycles. The van der Waals surface area contributed by atoms with E-state index in [0.29, 0.717) is 6.04 Å². The van der Waals surface area contributed by atoms with E-state index in [0.717, 1.165) is 12.6 Å². The topological polar surface area (TPSA) is 24.1 Å². The minimum atomic E-state index is 0.712. The lowest BCUT2D eigenvalue weighted by Gasteiger charge is -2.31. The first-order valence-corrected chi connectivity index (χ1v) is 4.79. The Labute approximate surface area is 69.8 Å². The highest BCUT2D eigenvalue weighted by atomic mass is 15.0. The molecule has 0 aromatic carbocycles. The largest absolute Gasteiger partial charge is 0.315 e. The third kappa shape index (κ3) is 2.46. The zero-order chi connectivity index (χ0) is 8.10. The average molecular weight is 156 g/mol. The molecule has 0 bridgehead atoms. The van der Waals surface area contributed by atoms with Gasteiger partial charge in [0.1, 0.15) is 0 Å². The number of hydrogen-bond acceptors (Lipinski definition) is 2. The van der Waals surface area contributed by atoms with Crippen LogP contribution in [-0.2, 0) is 0 Å². The van der Waals surface area contributed by atoms with Crippen molar-refractivity contribution in [1.29, 1.82) is 0 Å². The van der Waals surface area contributed by atoms with Crippen LogP contribution in [0.15, 0.2) is 0 Å². The molecule has 0 aromatic heterocycles. The Kier molecular flexibility index (Phi) is 3.87. The molecule has 0 unspecified atom stereocenters. The van der Waals surface area contributed by atoms with E-state index in [1.165, 1.54) is 25.7 Å². The van der Waals surface area contributed by atoms with Crippen molar-refractivity contribution in [3.63, 3.8) is 0 Å². The summed E-state index contributed by atoms with van der Waals surface area (Å²) in [6, 6.07) is 1.43. The Bertz CT molecular complexity index is 102. The van der Waals surface area contributed by atoms with Crippen LogP contribution in [0.3, 0.4) is 0 Å². The van der Waals surface area contributed by atoms with Crippen molar-refractivity contribution in [3.05, 3.63) is 0 Å². The summed E-state index contributed by atoms with van der Waals surface area (Å²) in [6.07, 6.45) is 5.48. The summed E-state index contributed by atoms with van der Waals surface area (Å²) < 4.78 is 0. The van der Waals surface area contributed by atoms with E-state index in [-0.39, 0.29) is 0 Å². The van der Waals surface area contributed by atoms with Crippen LogP contribution in [0.2, 0.25) is 0 Å². The van der Waals surface area contributed by atoms with Gasteiger partial charge in [-0.05, 0) is 26.4 Å². The van der Waals surface area contributed by atoms with E-state index in [1.807, 2.05) is 0 Å². The summed E-state index contributed by atoms with van der Waals surface area (Å²) in [5.41, 5.74) is 0. The summed E-state index contributed by atoms with van der Waals surface area (Å²) in [5.74, 6) is 0. The van der Waals surface area contributed by atoms with E-state index in [2.05, 4.69) is 24.6 Å². The molecule has 66 valence electrons. The van der Waals surface area contributed by atoms with Gasteiger partial charge in [-0.3, -0.25) is 0 Å². The van der Waals surface area contributed by atoms with Crippen molar-refractivity contribution in [2.45, 2.75) is 44.7 Å². The molecule has 2 N–H and O–H groups in total. The minimum absolute atomic E-state index is 0.712. The van der Waals surface area contributed by atoms with Crippen molar-refractivity contribution in [3.8, 4) is 0 Å². The summed E-state index contributed by atoms with van der Waals surface area (Å²) in [7, 11) is 2.07. The lowest BCUT2D eigenvalue weighted by Crippen LogP contribution is -2.48. The molecule has 0 amide bonds. The van der Waals surface area contributed by atoms with Gasteiger partial charge in [0.15, 0.2) is 0 Å². The Hall–Kier alpha value is -0.0800. The predicted octanol–water partition coefficient (Wildman–Crippen LogP) is 1.13. The van der Waals surface area contributed by atoms with Gasteiger partial charge in [-0.1, -0.05) is 19.8 Å². The Morgan fingerprint density at radius 2 is 1.82 bits per heavy atom. The van der Waals surface area contributed by atoms with Crippen LogP contribution in [0.4, 0.5) is 0 Å². The van der Waals surface area contributed by atoms with Crippen molar-refractivity contribution < 1.29 is 0 Å². The second-order valence-electron chi connectivity index (χ2n) is 3.34. The monoisotopic (exact) mass is 156 g/mol. The zero-order valence-electron chi connectivity index (χ0n) is 7.69. The molecule has 1 aliphatic carbocycles. The van der Waals surface area contributed by atoms with Crippen LogP contribution in [0.5, 0.6) is 0 Å². The normalized spacial score (nSPS) is 32.2. The fourth-order valence-electron chi connectivity index (χ4n) is 1.98. The molecule has 11 heavy (non-hydrogen) atoms. The van der Waals surface area contributed by atoms with Gasteiger partial charge in [0, 0.05) is 12.1 Å². The fraction of sp³-hybridized carbons (Fsp3) is 1.00. The van der Waals surface area contributed by atoms with E-state index < -0.39 is 0 Å². The number of nitrogens with one attached hydrogen (secondary N) is 2. The molecule has 2 atom stereocenters. The van der Waals surface area contributed by atoms with Crippen molar-refractivity contribution in [2.24, 2.45) is 0 Å². The molecule has 0 heterocycles. The van der Waals surface area contributed by atoms with Crippen molar-refractivity contribution in [2.75, 3.05) is 13.6 Å². The van der Waals surface area contributed by atoms with Crippen LogP contribution < -0.4 is 10.6 Å². The first kappa shape index (κ1) is 9.01. The van der Waals surface area contributed by atoms with Crippen LogP contribution in [0.1, 0.15) is 32.6 Å². The lowest BCUT2D eigenvalue weighted by atomic mass is 9.90. The van der Waals surface area contributed by atoms with Gasteiger partial charge in [0.25, 0.3) is 0 Å². The summed E-state index contributed by atoms with van der Waals surface area (Å²) in [4.78, 5) is 0. The van der Waals surface area contributed by atoms with E-state index in [1.54, 1.807) is 0 Å². The molecule has 2 nitrogen and oxygen atoms in total. The quantitative estimate of drug-likeness (QED) is 0.640. The van der Waals surface area contributed by atoms with Gasteiger partial charge in [0.05, 0.1) is 0 Å². The Balaban J connectivity index is 2.31. The van der Waals surface area contributed by atoms with Crippen LogP contribution in [0.25, 0.3) is 0 Å². The first-order valence-electron chi connectivity index (χ1n) is 4.79. The maximum atomic E-state index is 3.52. The smallest absolute Gasteiger partial charge is 0.0220 e. The third-order valence-corrected chi connectivity index (χ3v) is 2.60. The Morgan fingerprint density at radius 1 is 1.18 bits per heavy atom. The average Bonchev–Trinajstić information content (AvgIpc) is 2.06. The van der Waals surface area contributed by atoms with Gasteiger partial charge in [-0.25, -0.2) is 0 Å². The molecule has 0 spiro atoms. The Morgan fingerprint density at radius 3 is 2.36 bits per heavy atom. The number of rotatable bonds is 3. The molecule has 0 radical (unpaired) electrons. The molecule has 0 aromatic rings. The molecular weight excluding hydrogens is 136 g/mol. The third-order valence-electron chi connectivity index (χ3n) is 2.60. The van der Waals surface area contributed by atoms with Gasteiger partial charge in [-0.15, -0.1) is 0 Å². The van der Waals surface area contributed by atoms with Crippen molar-refractivity contribution >= 4 is 0 Å².